The largest absolute Gasteiger partial charge is 0.492 e. The third-order valence-electron chi connectivity index (χ3n) is 8.10. The number of carboxylic acids is 1. The number of methoxy groups -OCH3 is 1. The minimum Gasteiger partial charge on any atom is -0.492 e. The van der Waals surface area contributed by atoms with E-state index in [0.29, 0.717) is 25.3 Å². The van der Waals surface area contributed by atoms with Crippen LogP contribution in [0.1, 0.15) is 42.1 Å². The SMILES string of the molecule is COc1c(N2CC3(N)CCC4CC43C2)c(F)cc2c(=O)c(C(=O)O)cn([C@@H]3C[C@@H]3F)c12.CS(=O)(=O)O. The number of nitrogens with zero attached hydrogens (tertiary/aromatic N) is 2. The van der Waals surface area contributed by atoms with E-state index in [2.05, 4.69) is 0 Å². The summed E-state index contributed by atoms with van der Waals surface area (Å²) in [5.41, 5.74) is 5.46. The summed E-state index contributed by atoms with van der Waals surface area (Å²) in [5.74, 6) is -1.41. The minimum atomic E-state index is -3.67. The van der Waals surface area contributed by atoms with Crippen LogP contribution >= 0.6 is 0 Å². The molecule has 0 radical (unpaired) electrons. The monoisotopic (exact) mass is 527 g/mol. The molecule has 4 aliphatic rings. The molecule has 13 heteroatoms. The van der Waals surface area contributed by atoms with Gasteiger partial charge in [0.15, 0.2) is 11.6 Å². The van der Waals surface area contributed by atoms with Gasteiger partial charge in [-0.1, -0.05) is 0 Å². The number of aromatic nitrogens is 1. The molecular formula is C23H27F2N3O7S. The minimum absolute atomic E-state index is 0.00718. The van der Waals surface area contributed by atoms with E-state index in [9.17, 15) is 27.5 Å². The maximum atomic E-state index is 15.5. The van der Waals surface area contributed by atoms with Crippen molar-refractivity contribution in [1.29, 1.82) is 0 Å². The first kappa shape index (κ1) is 24.9. The van der Waals surface area contributed by atoms with E-state index >= 15 is 4.39 Å². The van der Waals surface area contributed by atoms with Crippen molar-refractivity contribution in [1.82, 2.24) is 4.57 Å². The summed E-state index contributed by atoms with van der Waals surface area (Å²) in [5, 5.41) is 9.32. The van der Waals surface area contributed by atoms with Crippen LogP contribution in [0.25, 0.3) is 10.9 Å². The molecule has 1 spiro atoms. The second-order valence-electron chi connectivity index (χ2n) is 10.4. The lowest BCUT2D eigenvalue weighted by atomic mass is 9.86. The van der Waals surface area contributed by atoms with Crippen molar-refractivity contribution < 1.29 is 36.4 Å². The molecule has 2 aromatic rings. The molecule has 0 bridgehead atoms. The average molecular weight is 528 g/mol. The molecule has 1 aromatic heterocycles. The van der Waals surface area contributed by atoms with E-state index in [4.69, 9.17) is 15.0 Å². The number of halogens is 2. The number of aromatic carboxylic acids is 1. The van der Waals surface area contributed by atoms with Crippen LogP contribution in [0.3, 0.4) is 0 Å². The molecule has 4 fully saturated rings. The van der Waals surface area contributed by atoms with Crippen molar-refractivity contribution in [2.45, 2.75) is 43.4 Å². The Balaban J connectivity index is 0.000000489. The first-order chi connectivity index (χ1) is 16.7. The number of fused-ring (bicyclic) bond motifs is 1. The van der Waals surface area contributed by atoms with E-state index in [1.165, 1.54) is 11.7 Å². The lowest BCUT2D eigenvalue weighted by Crippen LogP contribution is -2.46. The van der Waals surface area contributed by atoms with Gasteiger partial charge in [0.1, 0.15) is 17.4 Å². The smallest absolute Gasteiger partial charge is 0.341 e. The molecule has 6 rings (SSSR count). The summed E-state index contributed by atoms with van der Waals surface area (Å²) in [6.07, 6.45) is 3.94. The lowest BCUT2D eigenvalue weighted by molar-refractivity contribution is 0.0694. The third-order valence-corrected chi connectivity index (χ3v) is 8.10. The zero-order chi connectivity index (χ0) is 26.4. The van der Waals surface area contributed by atoms with Crippen molar-refractivity contribution in [3.8, 4) is 5.75 Å². The maximum Gasteiger partial charge on any atom is 0.341 e. The van der Waals surface area contributed by atoms with Crippen molar-refractivity contribution in [3.63, 3.8) is 0 Å². The number of anilines is 1. The van der Waals surface area contributed by atoms with Gasteiger partial charge in [0.2, 0.25) is 5.43 Å². The number of hydrogen-bond acceptors (Lipinski definition) is 7. The molecule has 1 aromatic carbocycles. The quantitative estimate of drug-likeness (QED) is 0.507. The fraction of sp³-hybridized carbons (Fsp3) is 0.565. The molecule has 5 atom stereocenters. The molecule has 3 saturated carbocycles. The average Bonchev–Trinajstić information content (AvgIpc) is 3.61. The van der Waals surface area contributed by atoms with Crippen LogP contribution in [-0.2, 0) is 10.1 Å². The summed E-state index contributed by atoms with van der Waals surface area (Å²) in [7, 11) is -2.29. The Morgan fingerprint density at radius 2 is 1.97 bits per heavy atom. The van der Waals surface area contributed by atoms with Crippen LogP contribution in [0.4, 0.5) is 14.5 Å². The molecule has 0 amide bonds. The molecule has 1 aliphatic heterocycles. The molecule has 10 nitrogen and oxygen atoms in total. The predicted octanol–water partition coefficient (Wildman–Crippen LogP) is 1.95. The number of nitrogens with two attached hydrogens (primary N) is 1. The number of pyridine rings is 1. The predicted molar refractivity (Wildman–Crippen MR) is 127 cm³/mol. The first-order valence-corrected chi connectivity index (χ1v) is 13.3. The number of hydrogen-bond donors (Lipinski definition) is 3. The van der Waals surface area contributed by atoms with Gasteiger partial charge in [-0.05, 0) is 31.2 Å². The highest BCUT2D eigenvalue weighted by Crippen LogP contribution is 2.70. The molecule has 1 saturated heterocycles. The Kier molecular flexibility index (Phi) is 5.44. The zero-order valence-electron chi connectivity index (χ0n) is 19.7. The van der Waals surface area contributed by atoms with Crippen molar-refractivity contribution in [2.24, 2.45) is 17.1 Å². The van der Waals surface area contributed by atoms with Crippen LogP contribution in [-0.4, -0.2) is 66.8 Å². The number of carboxylic acid groups (broad SMARTS) is 1. The highest BCUT2D eigenvalue weighted by atomic mass is 32.2. The van der Waals surface area contributed by atoms with Crippen LogP contribution in [0.15, 0.2) is 17.1 Å². The molecule has 196 valence electrons. The fourth-order valence-electron chi connectivity index (χ4n) is 6.32. The standard InChI is InChI=1S/C22H23F2N3O4.CH4O3S/c1-31-19-16-11(18(28)12(20(29)30)7-27(16)15-5-13(15)23)4-14(24)17(19)26-8-21-6-10(21)2-3-22(21,25)9-26;1-5(2,3)4/h4,7,10,13,15H,2-3,5-6,8-9,25H2,1H3,(H,29,30);1H3,(H,2,3,4)/t10?,13-,15+,21?,22?;/m0./s1. The van der Waals surface area contributed by atoms with Gasteiger partial charge in [0, 0.05) is 36.7 Å². The van der Waals surface area contributed by atoms with Crippen molar-refractivity contribution in [3.05, 3.63) is 33.9 Å². The Labute approximate surface area is 205 Å². The summed E-state index contributed by atoms with van der Waals surface area (Å²) in [6, 6.07) is 0.451. The molecule has 3 unspecified atom stereocenters. The van der Waals surface area contributed by atoms with Crippen molar-refractivity contribution in [2.75, 3.05) is 31.4 Å². The first-order valence-electron chi connectivity index (χ1n) is 11.5. The van der Waals surface area contributed by atoms with Gasteiger partial charge < -0.3 is 25.0 Å². The van der Waals surface area contributed by atoms with E-state index in [1.807, 2.05) is 4.90 Å². The number of ether oxygens (including phenoxy) is 1. The zero-order valence-corrected chi connectivity index (χ0v) is 20.5. The van der Waals surface area contributed by atoms with Gasteiger partial charge in [-0.2, -0.15) is 8.42 Å². The third kappa shape index (κ3) is 3.75. The number of rotatable bonds is 4. The van der Waals surface area contributed by atoms with Crippen LogP contribution in [0.2, 0.25) is 0 Å². The Morgan fingerprint density at radius 3 is 2.47 bits per heavy atom. The highest BCUT2D eigenvalue weighted by molar-refractivity contribution is 7.85. The second-order valence-corrected chi connectivity index (χ2v) is 11.8. The van der Waals surface area contributed by atoms with E-state index < -0.39 is 45.1 Å². The Morgan fingerprint density at radius 1 is 1.33 bits per heavy atom. The van der Waals surface area contributed by atoms with Crippen LogP contribution in [0, 0.1) is 17.2 Å². The summed E-state index contributed by atoms with van der Waals surface area (Å²) < 4.78 is 62.4. The van der Waals surface area contributed by atoms with Gasteiger partial charge in [0.25, 0.3) is 10.1 Å². The van der Waals surface area contributed by atoms with E-state index in [-0.39, 0.29) is 39.7 Å². The van der Waals surface area contributed by atoms with Crippen LogP contribution in [0.5, 0.6) is 5.75 Å². The van der Waals surface area contributed by atoms with Gasteiger partial charge in [-0.15, -0.1) is 0 Å². The normalized spacial score (nSPS) is 31.9. The number of benzene rings is 1. The van der Waals surface area contributed by atoms with Gasteiger partial charge in [-0.3, -0.25) is 9.35 Å². The van der Waals surface area contributed by atoms with Crippen molar-refractivity contribution >= 4 is 32.7 Å². The highest BCUT2D eigenvalue weighted by Gasteiger charge is 2.72. The van der Waals surface area contributed by atoms with Crippen LogP contribution < -0.4 is 20.8 Å². The van der Waals surface area contributed by atoms with Gasteiger partial charge in [0.05, 0.1) is 30.3 Å². The van der Waals surface area contributed by atoms with Gasteiger partial charge >= 0.3 is 5.97 Å². The molecule has 3 aliphatic carbocycles. The van der Waals surface area contributed by atoms with Gasteiger partial charge in [-0.25, -0.2) is 13.6 Å². The number of carbonyl (C=O) groups is 1. The second kappa shape index (κ2) is 7.86. The number of alkyl halides is 1. The summed E-state index contributed by atoms with van der Waals surface area (Å²) in [6.45, 7) is 1.09. The molecule has 36 heavy (non-hydrogen) atoms. The maximum absolute atomic E-state index is 15.5. The van der Waals surface area contributed by atoms with E-state index in [0.717, 1.165) is 31.5 Å². The Bertz CT molecular complexity index is 1450. The molecular weight excluding hydrogens is 500 g/mol. The summed E-state index contributed by atoms with van der Waals surface area (Å²) >= 11 is 0. The molecule has 2 heterocycles. The lowest BCUT2D eigenvalue weighted by Gasteiger charge is -2.27. The summed E-state index contributed by atoms with van der Waals surface area (Å²) in [4.78, 5) is 26.3. The fourth-order valence-corrected chi connectivity index (χ4v) is 6.32. The Hall–Kier alpha value is -2.77. The molecule has 4 N–H and O–H groups in total. The van der Waals surface area contributed by atoms with E-state index in [1.54, 1.807) is 0 Å². The topological polar surface area (TPSA) is 152 Å².